The first kappa shape index (κ1) is 15.8. The Labute approximate surface area is 125 Å². The third-order valence-electron chi connectivity index (χ3n) is 4.11. The van der Waals surface area contributed by atoms with Crippen LogP contribution >= 0.6 is 0 Å². The van der Waals surface area contributed by atoms with Gasteiger partial charge in [-0.05, 0) is 32.6 Å². The molecule has 1 saturated carbocycles. The van der Waals surface area contributed by atoms with E-state index in [0.29, 0.717) is 19.0 Å². The van der Waals surface area contributed by atoms with Crippen LogP contribution in [0.25, 0.3) is 0 Å². The average Bonchev–Trinajstić information content (AvgIpc) is 3.22. The van der Waals surface area contributed by atoms with Crippen LogP contribution in [-0.4, -0.2) is 47.4 Å². The van der Waals surface area contributed by atoms with Gasteiger partial charge in [-0.15, -0.1) is 0 Å². The van der Waals surface area contributed by atoms with Crippen LogP contribution in [0.5, 0.6) is 0 Å². The van der Waals surface area contributed by atoms with Gasteiger partial charge in [-0.2, -0.15) is 0 Å². The Morgan fingerprint density at radius 2 is 2.19 bits per heavy atom. The zero-order valence-electron chi connectivity index (χ0n) is 13.2. The number of amides is 2. The Bertz CT molecular complexity index is 477. The van der Waals surface area contributed by atoms with E-state index in [4.69, 9.17) is 4.52 Å². The molecule has 1 fully saturated rings. The molecule has 1 aromatic rings. The fourth-order valence-corrected chi connectivity index (χ4v) is 2.66. The number of hydrogen-bond donors (Lipinski definition) is 2. The van der Waals surface area contributed by atoms with Gasteiger partial charge in [0.1, 0.15) is 5.76 Å². The van der Waals surface area contributed by atoms with Crippen LogP contribution in [0.2, 0.25) is 0 Å². The van der Waals surface area contributed by atoms with Crippen LogP contribution < -0.4 is 5.32 Å². The first-order chi connectivity index (χ1) is 9.90. The molecule has 2 atom stereocenters. The van der Waals surface area contributed by atoms with E-state index in [9.17, 15) is 9.90 Å². The van der Waals surface area contributed by atoms with Gasteiger partial charge in [-0.25, -0.2) is 4.79 Å². The predicted octanol–water partition coefficient (Wildman–Crippen LogP) is 1.81. The highest BCUT2D eigenvalue weighted by atomic mass is 16.5. The Morgan fingerprint density at radius 3 is 2.71 bits per heavy atom. The number of aromatic nitrogens is 1. The van der Waals surface area contributed by atoms with Gasteiger partial charge in [0.25, 0.3) is 0 Å². The number of urea groups is 1. The van der Waals surface area contributed by atoms with Crippen LogP contribution in [0.3, 0.4) is 0 Å². The molecular weight excluding hydrogens is 270 g/mol. The van der Waals surface area contributed by atoms with Gasteiger partial charge in [0.05, 0.1) is 11.8 Å². The van der Waals surface area contributed by atoms with Gasteiger partial charge in [0.15, 0.2) is 0 Å². The highest BCUT2D eigenvalue weighted by Crippen LogP contribution is 2.32. The summed E-state index contributed by atoms with van der Waals surface area (Å²) in [6, 6.07) is -0.159. The molecule has 2 rings (SSSR count). The molecule has 6 heteroatoms. The van der Waals surface area contributed by atoms with E-state index in [1.54, 1.807) is 11.9 Å². The molecular formula is C15H25N3O3. The Hall–Kier alpha value is -1.56. The van der Waals surface area contributed by atoms with Gasteiger partial charge in [-0.1, -0.05) is 12.1 Å². The van der Waals surface area contributed by atoms with E-state index in [0.717, 1.165) is 29.9 Å². The van der Waals surface area contributed by atoms with Gasteiger partial charge < -0.3 is 19.8 Å². The normalized spacial score (nSPS) is 17.4. The molecule has 118 valence electrons. The van der Waals surface area contributed by atoms with Crippen molar-refractivity contribution in [3.05, 3.63) is 17.0 Å². The molecule has 2 unspecified atom stereocenters. The Kier molecular flexibility index (Phi) is 4.88. The molecule has 1 aliphatic carbocycles. The van der Waals surface area contributed by atoms with Crippen LogP contribution in [0.4, 0.5) is 4.79 Å². The molecule has 0 aromatic carbocycles. The summed E-state index contributed by atoms with van der Waals surface area (Å²) in [4.78, 5) is 13.6. The lowest BCUT2D eigenvalue weighted by Gasteiger charge is -2.22. The van der Waals surface area contributed by atoms with Gasteiger partial charge in [0.2, 0.25) is 0 Å². The topological polar surface area (TPSA) is 78.6 Å². The number of rotatable bonds is 6. The molecule has 0 aliphatic heterocycles. The average molecular weight is 295 g/mol. The minimum absolute atomic E-state index is 0.141. The molecule has 0 radical (unpaired) electrons. The standard InChI is InChI=1S/C15H25N3O3/c1-9(14-10(2)17-21-11(14)3)7-16-15(20)18(4)8-13(19)12-5-6-12/h9,12-13,19H,5-8H2,1-4H3,(H,16,20). The maximum absolute atomic E-state index is 12.0. The second-order valence-corrected chi connectivity index (χ2v) is 6.11. The number of aryl methyl sites for hydroxylation is 2. The second kappa shape index (κ2) is 6.47. The molecule has 0 saturated heterocycles. The number of nitrogens with one attached hydrogen (secondary N) is 1. The van der Waals surface area contributed by atoms with Crippen molar-refractivity contribution in [2.75, 3.05) is 20.1 Å². The van der Waals surface area contributed by atoms with Gasteiger partial charge in [-0.3, -0.25) is 0 Å². The smallest absolute Gasteiger partial charge is 0.317 e. The fraction of sp³-hybridized carbons (Fsp3) is 0.733. The monoisotopic (exact) mass is 295 g/mol. The summed E-state index contributed by atoms with van der Waals surface area (Å²) in [7, 11) is 1.71. The highest BCUT2D eigenvalue weighted by molar-refractivity contribution is 5.73. The van der Waals surface area contributed by atoms with E-state index in [1.165, 1.54) is 0 Å². The van der Waals surface area contributed by atoms with Crippen molar-refractivity contribution in [3.63, 3.8) is 0 Å². The number of nitrogens with zero attached hydrogens (tertiary/aromatic N) is 2. The summed E-state index contributed by atoms with van der Waals surface area (Å²) >= 11 is 0. The quantitative estimate of drug-likeness (QED) is 0.839. The fourth-order valence-electron chi connectivity index (χ4n) is 2.66. The van der Waals surface area contributed by atoms with Crippen molar-refractivity contribution in [1.82, 2.24) is 15.4 Å². The lowest BCUT2D eigenvalue weighted by Crippen LogP contribution is -2.42. The lowest BCUT2D eigenvalue weighted by atomic mass is 10.00. The highest BCUT2D eigenvalue weighted by Gasteiger charge is 2.31. The summed E-state index contributed by atoms with van der Waals surface area (Å²) in [6.45, 7) is 6.72. The van der Waals surface area contributed by atoms with Gasteiger partial charge >= 0.3 is 6.03 Å². The second-order valence-electron chi connectivity index (χ2n) is 6.11. The zero-order chi connectivity index (χ0) is 15.6. The maximum atomic E-state index is 12.0. The van der Waals surface area contributed by atoms with Crippen molar-refractivity contribution >= 4 is 6.03 Å². The number of carbonyl (C=O) groups is 1. The summed E-state index contributed by atoms with van der Waals surface area (Å²) in [5, 5.41) is 16.7. The molecule has 1 aromatic heterocycles. The molecule has 0 spiro atoms. The predicted molar refractivity (Wildman–Crippen MR) is 79.2 cm³/mol. The van der Waals surface area contributed by atoms with Crippen LogP contribution in [0.15, 0.2) is 4.52 Å². The molecule has 6 nitrogen and oxygen atoms in total. The van der Waals surface area contributed by atoms with Crippen molar-refractivity contribution in [1.29, 1.82) is 0 Å². The first-order valence-electron chi connectivity index (χ1n) is 7.50. The molecule has 1 aliphatic rings. The molecule has 21 heavy (non-hydrogen) atoms. The van der Waals surface area contributed by atoms with Crippen LogP contribution in [-0.2, 0) is 0 Å². The zero-order valence-corrected chi connectivity index (χ0v) is 13.2. The number of aliphatic hydroxyl groups excluding tert-OH is 1. The van der Waals surface area contributed by atoms with Crippen LogP contribution in [0.1, 0.15) is 42.7 Å². The van der Waals surface area contributed by atoms with Crippen molar-refractivity contribution in [2.24, 2.45) is 5.92 Å². The van der Waals surface area contributed by atoms with Crippen molar-refractivity contribution in [3.8, 4) is 0 Å². The lowest BCUT2D eigenvalue weighted by molar-refractivity contribution is 0.113. The maximum Gasteiger partial charge on any atom is 0.317 e. The van der Waals surface area contributed by atoms with Crippen molar-refractivity contribution < 1.29 is 14.4 Å². The molecule has 1 heterocycles. The van der Waals surface area contributed by atoms with Crippen LogP contribution in [0, 0.1) is 19.8 Å². The third-order valence-corrected chi connectivity index (χ3v) is 4.11. The van der Waals surface area contributed by atoms with E-state index in [2.05, 4.69) is 10.5 Å². The molecule has 2 amide bonds. The van der Waals surface area contributed by atoms with Gasteiger partial charge in [0, 0.05) is 31.6 Å². The summed E-state index contributed by atoms with van der Waals surface area (Å²) in [6.07, 6.45) is 1.74. The molecule has 0 bridgehead atoms. The van der Waals surface area contributed by atoms with E-state index in [-0.39, 0.29) is 11.9 Å². The van der Waals surface area contributed by atoms with E-state index >= 15 is 0 Å². The summed E-state index contributed by atoms with van der Waals surface area (Å²) in [5.41, 5.74) is 1.92. The minimum atomic E-state index is -0.402. The van der Waals surface area contributed by atoms with E-state index in [1.807, 2.05) is 20.8 Å². The van der Waals surface area contributed by atoms with Crippen molar-refractivity contribution in [2.45, 2.75) is 45.6 Å². The Balaban J connectivity index is 1.80. The minimum Gasteiger partial charge on any atom is -0.391 e. The third kappa shape index (κ3) is 3.97. The SMILES string of the molecule is Cc1noc(C)c1C(C)CNC(=O)N(C)CC(O)C1CC1. The first-order valence-corrected chi connectivity index (χ1v) is 7.50. The number of aliphatic hydroxyl groups is 1. The number of hydrogen-bond acceptors (Lipinski definition) is 4. The Morgan fingerprint density at radius 1 is 1.52 bits per heavy atom. The molecule has 2 N–H and O–H groups in total. The summed E-state index contributed by atoms with van der Waals surface area (Å²) in [5.74, 6) is 1.31. The number of carbonyl (C=O) groups excluding carboxylic acids is 1. The largest absolute Gasteiger partial charge is 0.391 e. The number of likely N-dealkylation sites (N-methyl/N-ethyl adjacent to an activating group) is 1. The van der Waals surface area contributed by atoms with E-state index < -0.39 is 6.10 Å². The summed E-state index contributed by atoms with van der Waals surface area (Å²) < 4.78 is 5.15.